The van der Waals surface area contributed by atoms with Gasteiger partial charge in [-0.1, -0.05) is 6.42 Å². The number of methoxy groups -OCH3 is 2. The molecule has 1 N–H and O–H groups in total. The van der Waals surface area contributed by atoms with Gasteiger partial charge in [0.25, 0.3) is 5.91 Å². The molecule has 0 unspecified atom stereocenters. The van der Waals surface area contributed by atoms with Crippen LogP contribution in [-0.2, 0) is 10.0 Å². The Labute approximate surface area is 170 Å². The number of hydrogen-bond acceptors (Lipinski definition) is 6. The molecule has 0 spiro atoms. The van der Waals surface area contributed by atoms with Gasteiger partial charge in [-0.05, 0) is 44.0 Å². The summed E-state index contributed by atoms with van der Waals surface area (Å²) in [4.78, 5) is 16.7. The maximum Gasteiger partial charge on any atom is 0.255 e. The zero-order valence-electron chi connectivity index (χ0n) is 16.7. The molecular formula is C20H25N3O5S. The molecule has 1 aliphatic heterocycles. The van der Waals surface area contributed by atoms with Gasteiger partial charge in [0, 0.05) is 24.2 Å². The lowest BCUT2D eigenvalue weighted by Gasteiger charge is -2.32. The Bertz CT molecular complexity index is 976. The summed E-state index contributed by atoms with van der Waals surface area (Å²) in [7, 11) is -0.876. The average molecular weight is 420 g/mol. The largest absolute Gasteiger partial charge is 0.495 e. The summed E-state index contributed by atoms with van der Waals surface area (Å²) in [5.74, 6) is 0.199. The number of benzene rings is 1. The topological polar surface area (TPSA) is 97.8 Å². The minimum Gasteiger partial charge on any atom is -0.495 e. The number of nitrogens with zero attached hydrogens (tertiary/aromatic N) is 2. The SMILES string of the molecule is COc1ccc(NC(=O)c2ccc(OC)c(S(=O)(=O)N3CCCC[C@H]3C)c2)cn1. The van der Waals surface area contributed by atoms with Crippen molar-refractivity contribution in [3.05, 3.63) is 42.1 Å². The molecule has 0 aliphatic carbocycles. The Morgan fingerprint density at radius 1 is 1.17 bits per heavy atom. The molecule has 3 rings (SSSR count). The van der Waals surface area contributed by atoms with Crippen LogP contribution >= 0.6 is 0 Å². The van der Waals surface area contributed by atoms with Gasteiger partial charge in [-0.3, -0.25) is 4.79 Å². The fraction of sp³-hybridized carbons (Fsp3) is 0.400. The molecule has 156 valence electrons. The maximum absolute atomic E-state index is 13.3. The third-order valence-electron chi connectivity index (χ3n) is 4.96. The van der Waals surface area contributed by atoms with Gasteiger partial charge >= 0.3 is 0 Å². The summed E-state index contributed by atoms with van der Waals surface area (Å²) in [6.45, 7) is 2.36. The van der Waals surface area contributed by atoms with Crippen LogP contribution in [0.15, 0.2) is 41.4 Å². The highest BCUT2D eigenvalue weighted by Crippen LogP contribution is 2.32. The van der Waals surface area contributed by atoms with Crippen molar-refractivity contribution in [1.29, 1.82) is 0 Å². The number of pyridine rings is 1. The van der Waals surface area contributed by atoms with Gasteiger partial charge in [0.2, 0.25) is 15.9 Å². The Morgan fingerprint density at radius 2 is 1.97 bits per heavy atom. The maximum atomic E-state index is 13.3. The zero-order chi connectivity index (χ0) is 21.0. The van der Waals surface area contributed by atoms with E-state index < -0.39 is 15.9 Å². The van der Waals surface area contributed by atoms with Gasteiger partial charge in [-0.25, -0.2) is 13.4 Å². The first kappa shape index (κ1) is 21.1. The lowest BCUT2D eigenvalue weighted by atomic mass is 10.1. The predicted octanol–water partition coefficient (Wildman–Crippen LogP) is 2.91. The molecule has 1 aromatic carbocycles. The number of amides is 1. The van der Waals surface area contributed by atoms with Gasteiger partial charge in [0.1, 0.15) is 10.6 Å². The summed E-state index contributed by atoms with van der Waals surface area (Å²) in [5.41, 5.74) is 0.686. The van der Waals surface area contributed by atoms with Crippen LogP contribution in [0.25, 0.3) is 0 Å². The monoisotopic (exact) mass is 419 g/mol. The van der Waals surface area contributed by atoms with Crippen LogP contribution in [0.5, 0.6) is 11.6 Å². The van der Waals surface area contributed by atoms with Crippen molar-refractivity contribution in [2.24, 2.45) is 0 Å². The molecule has 8 nitrogen and oxygen atoms in total. The van der Waals surface area contributed by atoms with Crippen molar-refractivity contribution < 1.29 is 22.7 Å². The highest BCUT2D eigenvalue weighted by atomic mass is 32.2. The summed E-state index contributed by atoms with van der Waals surface area (Å²) in [5, 5.41) is 2.71. The van der Waals surface area contributed by atoms with Gasteiger partial charge in [0.15, 0.2) is 0 Å². The first-order chi connectivity index (χ1) is 13.9. The van der Waals surface area contributed by atoms with Crippen LogP contribution in [0, 0.1) is 0 Å². The van der Waals surface area contributed by atoms with E-state index in [9.17, 15) is 13.2 Å². The number of hydrogen-bond donors (Lipinski definition) is 1. The molecular weight excluding hydrogens is 394 g/mol. The molecule has 1 aromatic heterocycles. The number of ether oxygens (including phenoxy) is 2. The van der Waals surface area contributed by atoms with Crippen LogP contribution in [-0.4, -0.2) is 50.4 Å². The zero-order valence-corrected chi connectivity index (χ0v) is 17.5. The fourth-order valence-electron chi connectivity index (χ4n) is 3.35. The van der Waals surface area contributed by atoms with E-state index in [1.165, 1.54) is 42.9 Å². The molecule has 1 saturated heterocycles. The first-order valence-electron chi connectivity index (χ1n) is 9.38. The Hall–Kier alpha value is -2.65. The number of piperidine rings is 1. The average Bonchev–Trinajstić information content (AvgIpc) is 2.74. The Kier molecular flexibility index (Phi) is 6.39. The second-order valence-corrected chi connectivity index (χ2v) is 8.73. The molecule has 29 heavy (non-hydrogen) atoms. The summed E-state index contributed by atoms with van der Waals surface area (Å²) < 4.78 is 38.3. The second-order valence-electron chi connectivity index (χ2n) is 6.87. The van der Waals surface area contributed by atoms with Crippen LogP contribution in [0.4, 0.5) is 5.69 Å². The van der Waals surface area contributed by atoms with Gasteiger partial charge in [-0.15, -0.1) is 0 Å². The molecule has 1 aliphatic rings. The van der Waals surface area contributed by atoms with Crippen LogP contribution in [0.1, 0.15) is 36.5 Å². The van der Waals surface area contributed by atoms with Crippen LogP contribution in [0.3, 0.4) is 0 Å². The quantitative estimate of drug-likeness (QED) is 0.773. The molecule has 1 fully saturated rings. The van der Waals surface area contributed by atoms with Crippen molar-refractivity contribution in [3.8, 4) is 11.6 Å². The molecule has 2 aromatic rings. The number of aromatic nitrogens is 1. The smallest absolute Gasteiger partial charge is 0.255 e. The number of carbonyl (C=O) groups is 1. The van der Waals surface area contributed by atoms with Gasteiger partial charge < -0.3 is 14.8 Å². The Morgan fingerprint density at radius 3 is 2.59 bits per heavy atom. The van der Waals surface area contributed by atoms with E-state index in [-0.39, 0.29) is 22.3 Å². The summed E-state index contributed by atoms with van der Waals surface area (Å²) >= 11 is 0. The third kappa shape index (κ3) is 4.51. The normalized spacial score (nSPS) is 17.6. The van der Waals surface area contributed by atoms with E-state index in [2.05, 4.69) is 10.3 Å². The molecule has 1 atom stereocenters. The van der Waals surface area contributed by atoms with E-state index >= 15 is 0 Å². The van der Waals surface area contributed by atoms with E-state index in [0.29, 0.717) is 18.1 Å². The van der Waals surface area contributed by atoms with Gasteiger partial charge in [-0.2, -0.15) is 4.31 Å². The van der Waals surface area contributed by atoms with Crippen LogP contribution < -0.4 is 14.8 Å². The van der Waals surface area contributed by atoms with Crippen molar-refractivity contribution in [2.45, 2.75) is 37.1 Å². The van der Waals surface area contributed by atoms with Crippen molar-refractivity contribution >= 4 is 21.6 Å². The van der Waals surface area contributed by atoms with Crippen molar-refractivity contribution in [3.63, 3.8) is 0 Å². The summed E-state index contributed by atoms with van der Waals surface area (Å²) in [6.07, 6.45) is 4.10. The van der Waals surface area contributed by atoms with Crippen molar-refractivity contribution in [1.82, 2.24) is 9.29 Å². The number of rotatable bonds is 6. The lowest BCUT2D eigenvalue weighted by Crippen LogP contribution is -2.42. The van der Waals surface area contributed by atoms with Crippen LogP contribution in [0.2, 0.25) is 0 Å². The molecule has 2 heterocycles. The Balaban J connectivity index is 1.90. The van der Waals surface area contributed by atoms with E-state index in [1.807, 2.05) is 6.92 Å². The second kappa shape index (κ2) is 8.79. The van der Waals surface area contributed by atoms with Crippen molar-refractivity contribution in [2.75, 3.05) is 26.1 Å². The third-order valence-corrected chi connectivity index (χ3v) is 6.99. The van der Waals surface area contributed by atoms with E-state index in [1.54, 1.807) is 12.1 Å². The summed E-state index contributed by atoms with van der Waals surface area (Å²) in [6, 6.07) is 7.58. The molecule has 0 saturated carbocycles. The molecule has 0 bridgehead atoms. The molecule has 1 amide bonds. The minimum absolute atomic E-state index is 0.00532. The fourth-order valence-corrected chi connectivity index (χ4v) is 5.24. The molecule has 9 heteroatoms. The number of anilines is 1. The number of sulfonamides is 1. The lowest BCUT2D eigenvalue weighted by molar-refractivity contribution is 0.102. The predicted molar refractivity (Wildman–Crippen MR) is 109 cm³/mol. The number of carbonyl (C=O) groups excluding carboxylic acids is 1. The van der Waals surface area contributed by atoms with E-state index in [0.717, 1.165) is 19.3 Å². The standard InChI is InChI=1S/C20H25N3O5S/c1-14-6-4-5-11-23(14)29(25,26)18-12-15(7-9-17(18)27-2)20(24)22-16-8-10-19(28-3)21-13-16/h7-10,12-14H,4-6,11H2,1-3H3,(H,22,24)/t14-/m1/s1. The van der Waals surface area contributed by atoms with Gasteiger partial charge in [0.05, 0.1) is 26.1 Å². The minimum atomic E-state index is -3.79. The number of nitrogens with one attached hydrogen (secondary N) is 1. The molecule has 0 radical (unpaired) electrons. The first-order valence-corrected chi connectivity index (χ1v) is 10.8. The highest BCUT2D eigenvalue weighted by Gasteiger charge is 2.33. The highest BCUT2D eigenvalue weighted by molar-refractivity contribution is 7.89. The van der Waals surface area contributed by atoms with E-state index in [4.69, 9.17) is 9.47 Å².